The topological polar surface area (TPSA) is 70.4 Å². The molecule has 7 nitrogen and oxygen atoms in total. The van der Waals surface area contributed by atoms with Crippen LogP contribution in [0.15, 0.2) is 77.5 Å². The molecular formula is C28H26N4O3S. The highest BCUT2D eigenvalue weighted by Gasteiger charge is 2.41. The molecule has 4 aromatic rings. The van der Waals surface area contributed by atoms with Crippen molar-refractivity contribution >= 4 is 23.4 Å². The number of fused-ring (bicyclic) bond motifs is 3. The van der Waals surface area contributed by atoms with Crippen LogP contribution in [0.5, 0.6) is 17.2 Å². The number of hydrogen-bond donors (Lipinski definition) is 1. The molecule has 36 heavy (non-hydrogen) atoms. The fourth-order valence-electron chi connectivity index (χ4n) is 4.98. The molecule has 2 atom stereocenters. The molecule has 0 fully saturated rings. The number of nitrogens with one attached hydrogen (secondary N) is 1. The highest BCUT2D eigenvalue weighted by atomic mass is 32.2. The van der Waals surface area contributed by atoms with E-state index in [0.29, 0.717) is 17.4 Å². The van der Waals surface area contributed by atoms with E-state index < -0.39 is 0 Å². The van der Waals surface area contributed by atoms with Gasteiger partial charge in [0.15, 0.2) is 11.5 Å². The minimum absolute atomic E-state index is 0.266. The molecule has 2 aliphatic rings. The van der Waals surface area contributed by atoms with Crippen LogP contribution in [0, 0.1) is 6.92 Å². The molecule has 0 aliphatic carbocycles. The first kappa shape index (κ1) is 22.5. The summed E-state index contributed by atoms with van der Waals surface area (Å²) in [4.78, 5) is 5.73. The fourth-order valence-corrected chi connectivity index (χ4v) is 5.39. The lowest BCUT2D eigenvalue weighted by Crippen LogP contribution is -2.32. The maximum absolute atomic E-state index is 6.74. The van der Waals surface area contributed by atoms with Gasteiger partial charge in [-0.15, -0.1) is 11.8 Å². The summed E-state index contributed by atoms with van der Waals surface area (Å²) in [7, 11) is 3.29. The second kappa shape index (κ2) is 8.95. The second-order valence-corrected chi connectivity index (χ2v) is 9.65. The van der Waals surface area contributed by atoms with E-state index in [2.05, 4.69) is 65.0 Å². The first-order valence-corrected chi connectivity index (χ1v) is 12.9. The Kier molecular flexibility index (Phi) is 5.60. The lowest BCUT2D eigenvalue weighted by molar-refractivity contribution is 0.223. The van der Waals surface area contributed by atoms with Gasteiger partial charge < -0.3 is 19.5 Å². The van der Waals surface area contributed by atoms with Crippen molar-refractivity contribution < 1.29 is 14.2 Å². The minimum atomic E-state index is -0.325. The third-order valence-electron chi connectivity index (χ3n) is 6.71. The van der Waals surface area contributed by atoms with Gasteiger partial charge in [-0.2, -0.15) is 10.1 Å². The van der Waals surface area contributed by atoms with Gasteiger partial charge in [0.25, 0.3) is 0 Å². The Hall–Kier alpha value is -3.91. The van der Waals surface area contributed by atoms with Gasteiger partial charge in [0.05, 0.1) is 19.9 Å². The number of benzene rings is 3. The molecule has 8 heteroatoms. The summed E-state index contributed by atoms with van der Waals surface area (Å²) >= 11 is 1.72. The van der Waals surface area contributed by atoms with Gasteiger partial charge in [0.2, 0.25) is 5.95 Å². The number of methoxy groups -OCH3 is 2. The summed E-state index contributed by atoms with van der Waals surface area (Å²) in [6.45, 7) is 2.09. The average Bonchev–Trinajstić information content (AvgIpc) is 3.39. The minimum Gasteiger partial charge on any atom is -0.493 e. The van der Waals surface area contributed by atoms with Crippen LogP contribution in [0.3, 0.4) is 0 Å². The van der Waals surface area contributed by atoms with Crippen molar-refractivity contribution in [2.24, 2.45) is 0 Å². The first-order chi connectivity index (χ1) is 17.6. The summed E-state index contributed by atoms with van der Waals surface area (Å²) in [6, 6.07) is 20.5. The Balaban J connectivity index is 1.60. The van der Waals surface area contributed by atoms with Crippen LogP contribution >= 0.6 is 11.8 Å². The van der Waals surface area contributed by atoms with Crippen LogP contribution in [0.25, 0.3) is 5.70 Å². The quantitative estimate of drug-likeness (QED) is 0.344. The second-order valence-electron chi connectivity index (χ2n) is 8.77. The van der Waals surface area contributed by atoms with Gasteiger partial charge >= 0.3 is 0 Å². The number of nitrogens with zero attached hydrogens (tertiary/aromatic N) is 3. The van der Waals surface area contributed by atoms with Crippen LogP contribution in [0.4, 0.5) is 5.95 Å². The molecule has 0 amide bonds. The van der Waals surface area contributed by atoms with Crippen molar-refractivity contribution in [3.05, 3.63) is 94.8 Å². The lowest BCUT2D eigenvalue weighted by atomic mass is 9.84. The van der Waals surface area contributed by atoms with E-state index in [9.17, 15) is 0 Å². The Morgan fingerprint density at radius 2 is 1.72 bits per heavy atom. The monoisotopic (exact) mass is 498 g/mol. The number of aromatic nitrogens is 3. The standard InChI is InChI=1S/C28H26N4O3S/c1-16-5-11-21-20(13-16)25-24(27(35-21)17-6-9-19(36-4)10-7-17)26(32-28(31-25)29-15-30-32)18-8-12-22(33-2)23(14-18)34-3/h5-15,26-27H,1-4H3,(H,29,30,31). The number of ether oxygens (including phenoxy) is 3. The Morgan fingerprint density at radius 3 is 2.47 bits per heavy atom. The predicted octanol–water partition coefficient (Wildman–Crippen LogP) is 5.89. The van der Waals surface area contributed by atoms with Crippen molar-refractivity contribution in [3.8, 4) is 17.2 Å². The largest absolute Gasteiger partial charge is 0.493 e. The average molecular weight is 499 g/mol. The molecule has 182 valence electrons. The van der Waals surface area contributed by atoms with E-state index in [-0.39, 0.29) is 12.1 Å². The summed E-state index contributed by atoms with van der Waals surface area (Å²) in [5.41, 5.74) is 6.31. The van der Waals surface area contributed by atoms with Crippen molar-refractivity contribution in [2.45, 2.75) is 24.0 Å². The smallest absolute Gasteiger partial charge is 0.226 e. The summed E-state index contributed by atoms with van der Waals surface area (Å²) < 4.78 is 19.8. The van der Waals surface area contributed by atoms with Crippen LogP contribution in [0.1, 0.15) is 34.4 Å². The van der Waals surface area contributed by atoms with Crippen molar-refractivity contribution in [1.82, 2.24) is 14.8 Å². The van der Waals surface area contributed by atoms with Crippen LogP contribution in [0.2, 0.25) is 0 Å². The van der Waals surface area contributed by atoms with Crippen LogP contribution in [-0.2, 0) is 0 Å². The summed E-state index contributed by atoms with van der Waals surface area (Å²) in [5.74, 6) is 2.85. The van der Waals surface area contributed by atoms with Crippen molar-refractivity contribution in [1.29, 1.82) is 0 Å². The number of hydrogen-bond acceptors (Lipinski definition) is 7. The molecule has 2 aliphatic heterocycles. The van der Waals surface area contributed by atoms with Crippen LogP contribution in [-0.4, -0.2) is 35.2 Å². The van der Waals surface area contributed by atoms with Crippen molar-refractivity contribution in [2.75, 3.05) is 25.8 Å². The number of rotatable bonds is 5. The molecule has 0 radical (unpaired) electrons. The zero-order valence-electron chi connectivity index (χ0n) is 20.5. The molecule has 1 N–H and O–H groups in total. The molecule has 3 heterocycles. The number of aryl methyl sites for hydroxylation is 1. The summed E-state index contributed by atoms with van der Waals surface area (Å²) in [5, 5.41) is 8.18. The maximum atomic E-state index is 6.74. The SMILES string of the molecule is COc1ccc(C2C3=C(Nc4ncnn42)c2cc(C)ccc2OC3c2ccc(SC)cc2)cc1OC. The number of thioether (sulfide) groups is 1. The molecule has 2 unspecified atom stereocenters. The van der Waals surface area contributed by atoms with Gasteiger partial charge in [-0.05, 0) is 60.7 Å². The molecule has 0 saturated heterocycles. The van der Waals surface area contributed by atoms with E-state index in [1.807, 2.05) is 28.9 Å². The molecule has 6 rings (SSSR count). The molecule has 3 aromatic carbocycles. The highest BCUT2D eigenvalue weighted by molar-refractivity contribution is 7.98. The van der Waals surface area contributed by atoms with E-state index in [1.165, 1.54) is 4.90 Å². The molecular weight excluding hydrogens is 472 g/mol. The molecule has 0 spiro atoms. The highest BCUT2D eigenvalue weighted by Crippen LogP contribution is 2.51. The molecule has 0 bridgehead atoms. The maximum Gasteiger partial charge on any atom is 0.226 e. The van der Waals surface area contributed by atoms with Gasteiger partial charge in [0, 0.05) is 16.0 Å². The summed E-state index contributed by atoms with van der Waals surface area (Å²) in [6.07, 6.45) is 3.33. The normalized spacial score (nSPS) is 17.9. The van der Waals surface area contributed by atoms with E-state index in [1.54, 1.807) is 32.3 Å². The molecule has 0 saturated carbocycles. The van der Waals surface area contributed by atoms with E-state index >= 15 is 0 Å². The number of anilines is 1. The Bertz CT molecular complexity index is 1480. The Morgan fingerprint density at radius 1 is 0.944 bits per heavy atom. The van der Waals surface area contributed by atoms with Gasteiger partial charge in [-0.25, -0.2) is 4.68 Å². The van der Waals surface area contributed by atoms with E-state index in [4.69, 9.17) is 14.2 Å². The van der Waals surface area contributed by atoms with Gasteiger partial charge in [-0.1, -0.05) is 29.8 Å². The third-order valence-corrected chi connectivity index (χ3v) is 7.45. The van der Waals surface area contributed by atoms with Crippen LogP contribution < -0.4 is 19.5 Å². The van der Waals surface area contributed by atoms with Gasteiger partial charge in [0.1, 0.15) is 24.2 Å². The lowest BCUT2D eigenvalue weighted by Gasteiger charge is -2.39. The van der Waals surface area contributed by atoms with Crippen molar-refractivity contribution in [3.63, 3.8) is 0 Å². The Labute approximate surface area is 214 Å². The van der Waals surface area contributed by atoms with E-state index in [0.717, 1.165) is 39.3 Å². The first-order valence-electron chi connectivity index (χ1n) is 11.7. The van der Waals surface area contributed by atoms with Gasteiger partial charge in [-0.3, -0.25) is 0 Å². The molecule has 1 aromatic heterocycles. The zero-order valence-corrected chi connectivity index (χ0v) is 21.3. The zero-order chi connectivity index (χ0) is 24.8. The predicted molar refractivity (Wildman–Crippen MR) is 141 cm³/mol. The third kappa shape index (κ3) is 3.60. The fraction of sp³-hybridized carbons (Fsp3) is 0.214.